The standard InChI is InChI=1S/C19H19F2NO4/c20-18(21)15-8-6-14(7-9-15)16(10-17(23)24)11-22-19(25)26-12-13-4-2-1-3-5-13/h1-9,16,18H,10-12H2,(H,22,25)(H,23,24). The van der Waals surface area contributed by atoms with E-state index in [1.807, 2.05) is 30.3 Å². The number of carboxylic acid groups (broad SMARTS) is 1. The minimum atomic E-state index is -2.59. The van der Waals surface area contributed by atoms with Crippen molar-refractivity contribution < 1.29 is 28.2 Å². The van der Waals surface area contributed by atoms with E-state index in [1.165, 1.54) is 24.3 Å². The minimum Gasteiger partial charge on any atom is -0.481 e. The molecule has 0 heterocycles. The first-order chi connectivity index (χ1) is 12.5. The Kier molecular flexibility index (Phi) is 7.08. The maximum atomic E-state index is 12.6. The molecule has 0 aromatic heterocycles. The fourth-order valence-corrected chi connectivity index (χ4v) is 2.41. The Hall–Kier alpha value is -2.96. The molecular formula is C19H19F2NO4. The van der Waals surface area contributed by atoms with E-state index in [-0.39, 0.29) is 25.1 Å². The second kappa shape index (κ2) is 9.50. The molecule has 2 rings (SSSR count). The SMILES string of the molecule is O=C(O)CC(CNC(=O)OCc1ccccc1)c1ccc(C(F)F)cc1. The van der Waals surface area contributed by atoms with E-state index in [9.17, 15) is 18.4 Å². The molecule has 1 amide bonds. The Morgan fingerprint density at radius 3 is 2.19 bits per heavy atom. The van der Waals surface area contributed by atoms with Gasteiger partial charge in [-0.1, -0.05) is 54.6 Å². The van der Waals surface area contributed by atoms with Gasteiger partial charge in [0.2, 0.25) is 0 Å². The lowest BCUT2D eigenvalue weighted by Gasteiger charge is -2.17. The first-order valence-electron chi connectivity index (χ1n) is 8.00. The second-order valence-electron chi connectivity index (χ2n) is 5.70. The maximum absolute atomic E-state index is 12.6. The summed E-state index contributed by atoms with van der Waals surface area (Å²) >= 11 is 0. The van der Waals surface area contributed by atoms with Crippen LogP contribution in [0.1, 0.15) is 35.5 Å². The molecule has 0 radical (unpaired) electrons. The van der Waals surface area contributed by atoms with Gasteiger partial charge in [-0.25, -0.2) is 13.6 Å². The van der Waals surface area contributed by atoms with Gasteiger partial charge in [0.05, 0.1) is 6.42 Å². The van der Waals surface area contributed by atoms with Crippen LogP contribution < -0.4 is 5.32 Å². The Labute approximate surface area is 149 Å². The predicted octanol–water partition coefficient (Wildman–Crippen LogP) is 4.11. The highest BCUT2D eigenvalue weighted by Gasteiger charge is 2.18. The van der Waals surface area contributed by atoms with Crippen LogP contribution in [0.5, 0.6) is 0 Å². The smallest absolute Gasteiger partial charge is 0.407 e. The van der Waals surface area contributed by atoms with E-state index in [0.29, 0.717) is 5.56 Å². The van der Waals surface area contributed by atoms with Gasteiger partial charge in [-0.15, -0.1) is 0 Å². The number of nitrogens with one attached hydrogen (secondary N) is 1. The summed E-state index contributed by atoms with van der Waals surface area (Å²) in [6, 6.07) is 14.5. The molecule has 0 aliphatic carbocycles. The zero-order valence-corrected chi connectivity index (χ0v) is 13.9. The van der Waals surface area contributed by atoms with Gasteiger partial charge < -0.3 is 15.2 Å². The van der Waals surface area contributed by atoms with Gasteiger partial charge in [-0.2, -0.15) is 0 Å². The highest BCUT2D eigenvalue weighted by atomic mass is 19.3. The van der Waals surface area contributed by atoms with Crippen LogP contribution in [0.25, 0.3) is 0 Å². The topological polar surface area (TPSA) is 75.6 Å². The average Bonchev–Trinajstić information content (AvgIpc) is 2.64. The third-order valence-corrected chi connectivity index (χ3v) is 3.79. The molecule has 138 valence electrons. The normalized spacial score (nSPS) is 11.8. The Balaban J connectivity index is 1.92. The van der Waals surface area contributed by atoms with Crippen LogP contribution in [0.2, 0.25) is 0 Å². The highest BCUT2D eigenvalue weighted by Crippen LogP contribution is 2.24. The van der Waals surface area contributed by atoms with E-state index < -0.39 is 24.4 Å². The van der Waals surface area contributed by atoms with Crippen LogP contribution in [0.15, 0.2) is 54.6 Å². The number of hydrogen-bond acceptors (Lipinski definition) is 3. The molecule has 2 N–H and O–H groups in total. The number of rotatable bonds is 8. The zero-order valence-electron chi connectivity index (χ0n) is 13.9. The van der Waals surface area contributed by atoms with Crippen LogP contribution in [-0.2, 0) is 16.1 Å². The molecule has 26 heavy (non-hydrogen) atoms. The number of benzene rings is 2. The number of alkyl carbamates (subject to hydrolysis) is 1. The summed E-state index contributed by atoms with van der Waals surface area (Å²) in [6.07, 6.45) is -3.51. The van der Waals surface area contributed by atoms with E-state index in [0.717, 1.165) is 5.56 Å². The molecule has 2 aromatic carbocycles. The first-order valence-corrected chi connectivity index (χ1v) is 8.00. The monoisotopic (exact) mass is 363 g/mol. The number of aliphatic carboxylic acids is 1. The number of ether oxygens (including phenoxy) is 1. The lowest BCUT2D eigenvalue weighted by molar-refractivity contribution is -0.137. The number of carbonyl (C=O) groups excluding carboxylic acids is 1. The van der Waals surface area contributed by atoms with Crippen molar-refractivity contribution in [2.75, 3.05) is 6.54 Å². The number of carboxylic acids is 1. The molecule has 7 heteroatoms. The molecule has 1 unspecified atom stereocenters. The lowest BCUT2D eigenvalue weighted by atomic mass is 9.95. The van der Waals surface area contributed by atoms with E-state index in [1.54, 1.807) is 0 Å². The highest BCUT2D eigenvalue weighted by molar-refractivity contribution is 5.69. The largest absolute Gasteiger partial charge is 0.481 e. The van der Waals surface area contributed by atoms with Crippen LogP contribution in [-0.4, -0.2) is 23.7 Å². The molecule has 0 saturated heterocycles. The molecule has 0 fully saturated rings. The van der Waals surface area contributed by atoms with Crippen molar-refractivity contribution in [1.29, 1.82) is 0 Å². The van der Waals surface area contributed by atoms with E-state index >= 15 is 0 Å². The third-order valence-electron chi connectivity index (χ3n) is 3.79. The van der Waals surface area contributed by atoms with E-state index in [4.69, 9.17) is 9.84 Å². The summed E-state index contributed by atoms with van der Waals surface area (Å²) in [5, 5.41) is 11.6. The molecule has 2 aromatic rings. The third kappa shape index (κ3) is 6.16. The van der Waals surface area contributed by atoms with Crippen molar-refractivity contribution in [1.82, 2.24) is 5.32 Å². The summed E-state index contributed by atoms with van der Waals surface area (Å²) in [5.41, 5.74) is 1.24. The molecule has 1 atom stereocenters. The Bertz CT molecular complexity index is 720. The van der Waals surface area contributed by atoms with Gasteiger partial charge in [0, 0.05) is 18.0 Å². The number of alkyl halides is 2. The summed E-state index contributed by atoms with van der Waals surface area (Å²) in [5.74, 6) is -1.60. The second-order valence-corrected chi connectivity index (χ2v) is 5.70. The molecule has 0 saturated carbocycles. The average molecular weight is 363 g/mol. The van der Waals surface area contributed by atoms with Crippen LogP contribution >= 0.6 is 0 Å². The quantitative estimate of drug-likeness (QED) is 0.740. The molecule has 5 nitrogen and oxygen atoms in total. The van der Waals surface area contributed by atoms with Gasteiger partial charge in [0.25, 0.3) is 6.43 Å². The zero-order chi connectivity index (χ0) is 18.9. The van der Waals surface area contributed by atoms with Crippen LogP contribution in [0.4, 0.5) is 13.6 Å². The van der Waals surface area contributed by atoms with Gasteiger partial charge in [-0.05, 0) is 11.1 Å². The number of amides is 1. The summed E-state index contributed by atoms with van der Waals surface area (Å²) in [7, 11) is 0. The maximum Gasteiger partial charge on any atom is 0.407 e. The molecule has 0 aliphatic rings. The fourth-order valence-electron chi connectivity index (χ4n) is 2.41. The molecule has 0 spiro atoms. The van der Waals surface area contributed by atoms with Crippen molar-refractivity contribution in [3.05, 3.63) is 71.3 Å². The van der Waals surface area contributed by atoms with Gasteiger partial charge >= 0.3 is 12.1 Å². The van der Waals surface area contributed by atoms with Crippen molar-refractivity contribution in [3.8, 4) is 0 Å². The number of hydrogen-bond donors (Lipinski definition) is 2. The summed E-state index contributed by atoms with van der Waals surface area (Å²) in [4.78, 5) is 22.9. The Morgan fingerprint density at radius 2 is 1.62 bits per heavy atom. The van der Waals surface area contributed by atoms with Crippen molar-refractivity contribution in [2.24, 2.45) is 0 Å². The number of halogens is 2. The number of carbonyl (C=O) groups is 2. The van der Waals surface area contributed by atoms with Crippen molar-refractivity contribution in [2.45, 2.75) is 25.4 Å². The van der Waals surface area contributed by atoms with Crippen molar-refractivity contribution in [3.63, 3.8) is 0 Å². The van der Waals surface area contributed by atoms with Gasteiger partial charge in [0.15, 0.2) is 0 Å². The fraction of sp³-hybridized carbons (Fsp3) is 0.263. The molecule has 0 bridgehead atoms. The molecule has 0 aliphatic heterocycles. The van der Waals surface area contributed by atoms with Gasteiger partial charge in [0.1, 0.15) is 6.61 Å². The molecular weight excluding hydrogens is 344 g/mol. The van der Waals surface area contributed by atoms with Gasteiger partial charge in [-0.3, -0.25) is 4.79 Å². The Morgan fingerprint density at radius 1 is 1.00 bits per heavy atom. The summed E-state index contributed by atoms with van der Waals surface area (Å²) < 4.78 is 30.3. The summed E-state index contributed by atoms with van der Waals surface area (Å²) in [6.45, 7) is 0.118. The predicted molar refractivity (Wildman–Crippen MR) is 91.0 cm³/mol. The van der Waals surface area contributed by atoms with Crippen LogP contribution in [0, 0.1) is 0 Å². The lowest BCUT2D eigenvalue weighted by Crippen LogP contribution is -2.30. The van der Waals surface area contributed by atoms with E-state index in [2.05, 4.69) is 5.32 Å². The minimum absolute atomic E-state index is 0.0218. The first kappa shape index (κ1) is 19.4. The van der Waals surface area contributed by atoms with Crippen molar-refractivity contribution >= 4 is 12.1 Å². The van der Waals surface area contributed by atoms with Crippen LogP contribution in [0.3, 0.4) is 0 Å².